The fourth-order valence-electron chi connectivity index (χ4n) is 4.25. The summed E-state index contributed by atoms with van der Waals surface area (Å²) in [4.78, 5) is 13.0. The molecule has 0 aliphatic carbocycles. The van der Waals surface area contributed by atoms with Gasteiger partial charge in [0, 0.05) is 16.6 Å². The van der Waals surface area contributed by atoms with Crippen molar-refractivity contribution in [2.24, 2.45) is 5.92 Å². The first kappa shape index (κ1) is 18.6. The van der Waals surface area contributed by atoms with Crippen molar-refractivity contribution in [2.45, 2.75) is 18.9 Å². The Labute approximate surface area is 170 Å². The van der Waals surface area contributed by atoms with Gasteiger partial charge in [0.1, 0.15) is 0 Å². The molecule has 0 amide bonds. The third-order valence-corrected chi connectivity index (χ3v) is 5.78. The van der Waals surface area contributed by atoms with Crippen molar-refractivity contribution in [3.8, 4) is 0 Å². The Bertz CT molecular complexity index is 985. The Kier molecular flexibility index (Phi) is 5.10. The topological polar surface area (TPSA) is 38.3 Å². The molecule has 0 saturated heterocycles. The second-order valence-electron chi connectivity index (χ2n) is 7.15. The van der Waals surface area contributed by atoms with E-state index in [9.17, 15) is 4.79 Å². The summed E-state index contributed by atoms with van der Waals surface area (Å²) < 4.78 is 5.27. The quantitative estimate of drug-likeness (QED) is 0.579. The fraction of sp³-hybridized carbons (Fsp3) is 0.208. The fourth-order valence-corrected chi connectivity index (χ4v) is 4.38. The first-order chi connectivity index (χ1) is 13.6. The number of nitrogens with one attached hydrogen (secondary N) is 1. The zero-order valence-corrected chi connectivity index (χ0v) is 16.6. The summed E-state index contributed by atoms with van der Waals surface area (Å²) in [5.41, 5.74) is 5.44. The molecule has 1 N–H and O–H groups in total. The van der Waals surface area contributed by atoms with Crippen molar-refractivity contribution >= 4 is 23.3 Å². The smallest absolute Gasteiger partial charge is 0.312 e. The first-order valence-corrected chi connectivity index (χ1v) is 9.72. The molecule has 1 heterocycles. The third kappa shape index (κ3) is 3.27. The van der Waals surface area contributed by atoms with Gasteiger partial charge in [-0.25, -0.2) is 0 Å². The predicted molar refractivity (Wildman–Crippen MR) is 113 cm³/mol. The molecule has 142 valence electrons. The van der Waals surface area contributed by atoms with Crippen molar-refractivity contribution in [2.75, 3.05) is 12.4 Å². The Morgan fingerprint density at radius 3 is 2.32 bits per heavy atom. The van der Waals surface area contributed by atoms with Crippen molar-refractivity contribution in [1.29, 1.82) is 0 Å². The molecule has 0 bridgehead atoms. The molecule has 3 atom stereocenters. The molecule has 4 heteroatoms. The zero-order chi connectivity index (χ0) is 19.7. The molecule has 1 aliphatic heterocycles. The van der Waals surface area contributed by atoms with E-state index in [2.05, 4.69) is 24.4 Å². The largest absolute Gasteiger partial charge is 0.469 e. The zero-order valence-electron chi connectivity index (χ0n) is 15.9. The van der Waals surface area contributed by atoms with E-state index in [-0.39, 0.29) is 17.9 Å². The van der Waals surface area contributed by atoms with Crippen LogP contribution < -0.4 is 5.32 Å². The van der Waals surface area contributed by atoms with Crippen LogP contribution in [0.5, 0.6) is 0 Å². The van der Waals surface area contributed by atoms with Crippen LogP contribution in [0.4, 0.5) is 5.69 Å². The molecule has 3 aromatic rings. The molecule has 0 saturated carbocycles. The number of fused-ring (bicyclic) bond motifs is 1. The first-order valence-electron chi connectivity index (χ1n) is 9.34. The molecule has 1 aliphatic rings. The molecule has 0 fully saturated rings. The van der Waals surface area contributed by atoms with E-state index < -0.39 is 5.92 Å². The van der Waals surface area contributed by atoms with E-state index in [4.69, 9.17) is 16.3 Å². The molecule has 0 spiro atoms. The Balaban J connectivity index is 1.95. The minimum atomic E-state index is -0.401. The highest BCUT2D eigenvalue weighted by atomic mass is 35.5. The molecule has 4 rings (SSSR count). The SMILES string of the molecule is COC(=O)[C@H]1[C@H](c2ccc(Cl)cc2)c2c(C)cccc2N[C@H]1c1ccccc1. The Hall–Kier alpha value is -2.78. The molecule has 0 aromatic heterocycles. The normalized spacial score (nSPS) is 20.8. The minimum absolute atomic E-state index is 0.132. The summed E-state index contributed by atoms with van der Waals surface area (Å²) in [6.07, 6.45) is 0. The van der Waals surface area contributed by atoms with Crippen LogP contribution in [0.15, 0.2) is 72.8 Å². The highest BCUT2D eigenvalue weighted by Crippen LogP contribution is 2.49. The standard InChI is InChI=1S/C24H22ClNO2/c1-15-7-6-10-19-20(15)21(16-11-13-18(25)14-12-16)22(24(27)28-2)23(26-19)17-8-4-3-5-9-17/h3-14,21-23,26H,1-2H3/t21-,22+,23+/m1/s1. The van der Waals surface area contributed by atoms with E-state index in [0.717, 1.165) is 27.9 Å². The number of halogens is 1. The Morgan fingerprint density at radius 2 is 1.64 bits per heavy atom. The van der Waals surface area contributed by atoms with Gasteiger partial charge in [0.2, 0.25) is 0 Å². The van der Waals surface area contributed by atoms with Crippen LogP contribution in [0.25, 0.3) is 0 Å². The number of ether oxygens (including phenoxy) is 1. The predicted octanol–water partition coefficient (Wildman–Crippen LogP) is 5.74. The van der Waals surface area contributed by atoms with E-state index in [1.165, 1.54) is 7.11 Å². The number of rotatable bonds is 3. The number of hydrogen-bond acceptors (Lipinski definition) is 3. The maximum Gasteiger partial charge on any atom is 0.312 e. The van der Waals surface area contributed by atoms with E-state index in [1.807, 2.05) is 60.7 Å². The number of anilines is 1. The van der Waals surface area contributed by atoms with Crippen LogP contribution in [-0.2, 0) is 9.53 Å². The third-order valence-electron chi connectivity index (χ3n) is 5.53. The summed E-state index contributed by atoms with van der Waals surface area (Å²) in [6, 6.07) is 23.8. The number of carbonyl (C=O) groups is 1. The van der Waals surface area contributed by atoms with Crippen molar-refractivity contribution in [1.82, 2.24) is 0 Å². The Morgan fingerprint density at radius 1 is 0.929 bits per heavy atom. The van der Waals surface area contributed by atoms with Crippen LogP contribution in [-0.4, -0.2) is 13.1 Å². The van der Waals surface area contributed by atoms with Crippen molar-refractivity contribution < 1.29 is 9.53 Å². The molecular weight excluding hydrogens is 370 g/mol. The summed E-state index contributed by atoms with van der Waals surface area (Å²) in [6.45, 7) is 2.08. The minimum Gasteiger partial charge on any atom is -0.469 e. The molecular formula is C24H22ClNO2. The molecule has 0 radical (unpaired) electrons. The summed E-state index contributed by atoms with van der Waals surface area (Å²) >= 11 is 6.13. The molecule has 3 aromatic carbocycles. The van der Waals surface area contributed by atoms with Gasteiger partial charge in [-0.15, -0.1) is 0 Å². The average molecular weight is 392 g/mol. The molecule has 28 heavy (non-hydrogen) atoms. The van der Waals surface area contributed by atoms with Gasteiger partial charge in [-0.05, 0) is 47.4 Å². The van der Waals surface area contributed by atoms with Gasteiger partial charge in [0.25, 0.3) is 0 Å². The number of aryl methyl sites for hydroxylation is 1. The number of benzene rings is 3. The lowest BCUT2D eigenvalue weighted by Gasteiger charge is -2.40. The van der Waals surface area contributed by atoms with Crippen molar-refractivity contribution in [3.05, 3.63) is 100 Å². The van der Waals surface area contributed by atoms with Gasteiger partial charge >= 0.3 is 5.97 Å². The van der Waals surface area contributed by atoms with E-state index in [1.54, 1.807) is 0 Å². The second kappa shape index (κ2) is 7.69. The van der Waals surface area contributed by atoms with Crippen LogP contribution in [0.2, 0.25) is 5.02 Å². The van der Waals surface area contributed by atoms with E-state index in [0.29, 0.717) is 5.02 Å². The maximum absolute atomic E-state index is 13.0. The lowest BCUT2D eigenvalue weighted by molar-refractivity contribution is -0.146. The average Bonchev–Trinajstić information content (AvgIpc) is 2.73. The van der Waals surface area contributed by atoms with Gasteiger partial charge < -0.3 is 10.1 Å². The number of methoxy groups -OCH3 is 1. The van der Waals surface area contributed by atoms with Crippen LogP contribution in [0, 0.1) is 12.8 Å². The highest BCUT2D eigenvalue weighted by Gasteiger charge is 2.44. The van der Waals surface area contributed by atoms with Crippen LogP contribution in [0.3, 0.4) is 0 Å². The van der Waals surface area contributed by atoms with Gasteiger partial charge in [-0.1, -0.05) is 66.2 Å². The highest BCUT2D eigenvalue weighted by molar-refractivity contribution is 6.30. The lowest BCUT2D eigenvalue weighted by Crippen LogP contribution is -2.38. The summed E-state index contributed by atoms with van der Waals surface area (Å²) in [5.74, 6) is -0.759. The van der Waals surface area contributed by atoms with Crippen LogP contribution in [0.1, 0.15) is 34.2 Å². The second-order valence-corrected chi connectivity index (χ2v) is 7.58. The van der Waals surface area contributed by atoms with Gasteiger partial charge in [-0.3, -0.25) is 4.79 Å². The maximum atomic E-state index is 13.0. The van der Waals surface area contributed by atoms with Gasteiger partial charge in [0.15, 0.2) is 0 Å². The summed E-state index contributed by atoms with van der Waals surface area (Å²) in [7, 11) is 1.46. The van der Waals surface area contributed by atoms with E-state index >= 15 is 0 Å². The van der Waals surface area contributed by atoms with Gasteiger partial charge in [0.05, 0.1) is 19.1 Å². The van der Waals surface area contributed by atoms with Crippen molar-refractivity contribution in [3.63, 3.8) is 0 Å². The monoisotopic (exact) mass is 391 g/mol. The summed E-state index contributed by atoms with van der Waals surface area (Å²) in [5, 5.41) is 4.28. The van der Waals surface area contributed by atoms with Crippen LogP contribution >= 0.6 is 11.6 Å². The number of carbonyl (C=O) groups excluding carboxylic acids is 1. The lowest BCUT2D eigenvalue weighted by atomic mass is 9.71. The molecule has 3 nitrogen and oxygen atoms in total. The number of esters is 1. The van der Waals surface area contributed by atoms with Gasteiger partial charge in [-0.2, -0.15) is 0 Å². The number of hydrogen-bond donors (Lipinski definition) is 1. The molecule has 0 unspecified atom stereocenters.